The van der Waals surface area contributed by atoms with Crippen molar-refractivity contribution in [3.63, 3.8) is 0 Å². The Balaban J connectivity index is 2.27. The zero-order valence-corrected chi connectivity index (χ0v) is 6.33. The van der Waals surface area contributed by atoms with Crippen molar-refractivity contribution in [1.82, 2.24) is 15.0 Å². The molecule has 1 heterocycles. The molecule has 0 saturated carbocycles. The molecule has 11 heavy (non-hydrogen) atoms. The Kier molecular flexibility index (Phi) is 2.97. The minimum absolute atomic E-state index is 0.122. The highest BCUT2D eigenvalue weighted by Gasteiger charge is 1.96. The van der Waals surface area contributed by atoms with E-state index in [-0.39, 0.29) is 6.61 Å². The van der Waals surface area contributed by atoms with Gasteiger partial charge in [0.25, 0.3) is 0 Å². The van der Waals surface area contributed by atoms with Gasteiger partial charge >= 0.3 is 0 Å². The molecule has 0 bridgehead atoms. The molecule has 5 heteroatoms. The molecular weight excluding hydrogens is 148 g/mol. The van der Waals surface area contributed by atoms with Crippen LogP contribution in [-0.4, -0.2) is 28.3 Å². The summed E-state index contributed by atoms with van der Waals surface area (Å²) in [6, 6.07) is 0. The average Bonchev–Trinajstić information content (AvgIpc) is 2.37. The van der Waals surface area contributed by atoms with E-state index in [4.69, 9.17) is 4.74 Å². The van der Waals surface area contributed by atoms with Crippen molar-refractivity contribution in [2.45, 2.75) is 6.61 Å². The molecule has 4 nitrogen and oxygen atoms in total. The summed E-state index contributed by atoms with van der Waals surface area (Å²) in [6.07, 6.45) is 1.73. The molecule has 1 aromatic heterocycles. The molecular formula is C6H10FN3O. The molecule has 0 aliphatic carbocycles. The standard InChI is InChI=1S/C6H10FN3O/c1-10-4-6(8-9-10)5-11-3-2-7/h4H,2-3,5H2,1H3/i7-1. The van der Waals surface area contributed by atoms with E-state index in [9.17, 15) is 4.39 Å². The summed E-state index contributed by atoms with van der Waals surface area (Å²) in [5, 5.41) is 7.44. The minimum Gasteiger partial charge on any atom is -0.372 e. The van der Waals surface area contributed by atoms with E-state index in [1.54, 1.807) is 17.9 Å². The Morgan fingerprint density at radius 3 is 3.09 bits per heavy atom. The smallest absolute Gasteiger partial charge is 0.113 e. The summed E-state index contributed by atoms with van der Waals surface area (Å²) < 4.78 is 18.0. The van der Waals surface area contributed by atoms with Crippen LogP contribution in [0.4, 0.5) is 4.39 Å². The average molecular weight is 158 g/mol. The third kappa shape index (κ3) is 2.63. The molecule has 0 atom stereocenters. The molecule has 0 radical (unpaired) electrons. The molecule has 1 rings (SSSR count). The van der Waals surface area contributed by atoms with E-state index in [0.29, 0.717) is 6.61 Å². The number of halogens is 1. The fourth-order valence-electron chi connectivity index (χ4n) is 0.693. The lowest BCUT2D eigenvalue weighted by atomic mass is 10.5. The highest BCUT2D eigenvalue weighted by Crippen LogP contribution is 1.93. The van der Waals surface area contributed by atoms with E-state index in [2.05, 4.69) is 10.3 Å². The molecule has 0 N–H and O–H groups in total. The van der Waals surface area contributed by atoms with Gasteiger partial charge in [-0.3, -0.25) is 4.68 Å². The van der Waals surface area contributed by atoms with Gasteiger partial charge in [0.1, 0.15) is 12.4 Å². The maximum Gasteiger partial charge on any atom is 0.113 e. The Hall–Kier alpha value is -0.970. The van der Waals surface area contributed by atoms with Gasteiger partial charge in [0.05, 0.1) is 19.4 Å². The number of aryl methyl sites for hydroxylation is 1. The van der Waals surface area contributed by atoms with E-state index in [1.165, 1.54) is 0 Å². The van der Waals surface area contributed by atoms with E-state index in [0.717, 1.165) is 5.69 Å². The largest absolute Gasteiger partial charge is 0.372 e. The zero-order chi connectivity index (χ0) is 8.10. The molecule has 0 aliphatic rings. The van der Waals surface area contributed by atoms with Gasteiger partial charge in [-0.05, 0) is 0 Å². The first-order chi connectivity index (χ1) is 5.33. The molecule has 0 unspecified atom stereocenters. The zero-order valence-electron chi connectivity index (χ0n) is 6.33. The van der Waals surface area contributed by atoms with Crippen LogP contribution in [0.1, 0.15) is 5.69 Å². The molecule has 0 fully saturated rings. The first-order valence-corrected chi connectivity index (χ1v) is 3.32. The third-order valence-electron chi connectivity index (χ3n) is 1.12. The second kappa shape index (κ2) is 4.02. The van der Waals surface area contributed by atoms with Gasteiger partial charge in [-0.2, -0.15) is 0 Å². The Labute approximate surface area is 64.0 Å². The lowest BCUT2D eigenvalue weighted by Gasteiger charge is -1.94. The van der Waals surface area contributed by atoms with Crippen LogP contribution < -0.4 is 0 Å². The van der Waals surface area contributed by atoms with Gasteiger partial charge in [0.2, 0.25) is 0 Å². The summed E-state index contributed by atoms with van der Waals surface area (Å²) in [5.74, 6) is 0. The van der Waals surface area contributed by atoms with Crippen LogP contribution in [0.25, 0.3) is 0 Å². The van der Waals surface area contributed by atoms with Crippen molar-refractivity contribution < 1.29 is 9.13 Å². The first-order valence-electron chi connectivity index (χ1n) is 3.32. The van der Waals surface area contributed by atoms with Crippen molar-refractivity contribution in [3.8, 4) is 0 Å². The van der Waals surface area contributed by atoms with Gasteiger partial charge in [0, 0.05) is 7.05 Å². The predicted octanol–water partition coefficient (Wildman–Crippen LogP) is 0.301. The maximum absolute atomic E-state index is 11.5. The van der Waals surface area contributed by atoms with Crippen LogP contribution in [0, 0.1) is 0 Å². The van der Waals surface area contributed by atoms with Crippen LogP contribution in [0.15, 0.2) is 6.20 Å². The summed E-state index contributed by atoms with van der Waals surface area (Å²) in [7, 11) is 1.77. The first kappa shape index (κ1) is 8.13. The molecule has 0 aliphatic heterocycles. The van der Waals surface area contributed by atoms with Crippen LogP contribution in [0.3, 0.4) is 0 Å². The molecule has 0 spiro atoms. The fraction of sp³-hybridized carbons (Fsp3) is 0.667. The lowest BCUT2D eigenvalue weighted by molar-refractivity contribution is 0.104. The third-order valence-corrected chi connectivity index (χ3v) is 1.12. The van der Waals surface area contributed by atoms with Crippen LogP contribution in [0.5, 0.6) is 0 Å². The van der Waals surface area contributed by atoms with Crippen LogP contribution >= 0.6 is 0 Å². The van der Waals surface area contributed by atoms with Crippen molar-refractivity contribution in [2.75, 3.05) is 13.3 Å². The van der Waals surface area contributed by atoms with Crippen LogP contribution in [-0.2, 0) is 18.4 Å². The van der Waals surface area contributed by atoms with Crippen LogP contribution in [0.2, 0.25) is 0 Å². The predicted molar refractivity (Wildman–Crippen MR) is 36.6 cm³/mol. The quantitative estimate of drug-likeness (QED) is 0.592. The van der Waals surface area contributed by atoms with Gasteiger partial charge in [0.15, 0.2) is 0 Å². The van der Waals surface area contributed by atoms with Gasteiger partial charge in [-0.25, -0.2) is 4.39 Å². The monoisotopic (exact) mass is 158 g/mol. The molecule has 0 saturated heterocycles. The number of ether oxygens (including phenoxy) is 1. The van der Waals surface area contributed by atoms with Gasteiger partial charge in [-0.15, -0.1) is 5.10 Å². The summed E-state index contributed by atoms with van der Waals surface area (Å²) >= 11 is 0. The van der Waals surface area contributed by atoms with Gasteiger partial charge < -0.3 is 4.74 Å². The van der Waals surface area contributed by atoms with Crippen molar-refractivity contribution in [3.05, 3.63) is 11.9 Å². The summed E-state index contributed by atoms with van der Waals surface area (Å²) in [4.78, 5) is 0. The number of nitrogens with zero attached hydrogens (tertiary/aromatic N) is 3. The highest BCUT2D eigenvalue weighted by atomic mass is 18.2. The molecule has 1 aromatic rings. The molecule has 62 valence electrons. The number of rotatable bonds is 4. The number of hydrogen-bond donors (Lipinski definition) is 0. The van der Waals surface area contributed by atoms with E-state index in [1.807, 2.05) is 0 Å². The maximum atomic E-state index is 11.5. The van der Waals surface area contributed by atoms with Gasteiger partial charge in [-0.1, -0.05) is 5.21 Å². The second-order valence-corrected chi connectivity index (χ2v) is 2.13. The summed E-state index contributed by atoms with van der Waals surface area (Å²) in [6.45, 7) is -0.00536. The number of alkyl halides is 1. The topological polar surface area (TPSA) is 39.9 Å². The SMILES string of the molecule is Cn1cc(COCC[18F])nn1. The Morgan fingerprint density at radius 2 is 2.55 bits per heavy atom. The number of aromatic nitrogens is 3. The van der Waals surface area contributed by atoms with E-state index < -0.39 is 6.67 Å². The van der Waals surface area contributed by atoms with Crippen molar-refractivity contribution in [1.29, 1.82) is 0 Å². The lowest BCUT2D eigenvalue weighted by Crippen LogP contribution is -1.96. The minimum atomic E-state index is -0.458. The summed E-state index contributed by atoms with van der Waals surface area (Å²) in [5.41, 5.74) is 0.723. The second-order valence-electron chi connectivity index (χ2n) is 2.13. The Morgan fingerprint density at radius 1 is 1.73 bits per heavy atom. The number of hydrogen-bond acceptors (Lipinski definition) is 3. The fourth-order valence-corrected chi connectivity index (χ4v) is 0.693. The van der Waals surface area contributed by atoms with Crippen molar-refractivity contribution in [2.24, 2.45) is 7.05 Å². The highest BCUT2D eigenvalue weighted by molar-refractivity contribution is 4.88. The molecule has 0 amide bonds. The molecule has 0 aromatic carbocycles. The normalized spacial score (nSPS) is 10.4. The Bertz CT molecular complexity index is 213. The van der Waals surface area contributed by atoms with E-state index >= 15 is 0 Å². The van der Waals surface area contributed by atoms with Crippen molar-refractivity contribution >= 4 is 0 Å².